The standard InChI is InChI=1S/C19H34O2S/c1-13(10-11-20)6-7-14-8-9-18-16(12-14)19(21)15-4-2-3-5-17(15)22-18/h13-21H,2-12H2,1H3. The third-order valence-corrected chi connectivity index (χ3v) is 8.48. The lowest BCUT2D eigenvalue weighted by Gasteiger charge is -2.50. The van der Waals surface area contributed by atoms with Crippen molar-refractivity contribution in [2.75, 3.05) is 6.61 Å². The molecule has 2 saturated carbocycles. The smallest absolute Gasteiger partial charge is 0.0617 e. The number of hydrogen-bond donors (Lipinski definition) is 2. The Morgan fingerprint density at radius 1 is 1.00 bits per heavy atom. The zero-order valence-corrected chi connectivity index (χ0v) is 14.9. The highest BCUT2D eigenvalue weighted by molar-refractivity contribution is 8.00. The lowest BCUT2D eigenvalue weighted by Crippen LogP contribution is -2.49. The van der Waals surface area contributed by atoms with E-state index in [9.17, 15) is 5.11 Å². The molecule has 3 fully saturated rings. The molecule has 2 aliphatic carbocycles. The molecule has 0 aromatic heterocycles. The number of fused-ring (bicyclic) bond motifs is 2. The van der Waals surface area contributed by atoms with Gasteiger partial charge in [-0.15, -0.1) is 0 Å². The minimum Gasteiger partial charge on any atom is -0.396 e. The van der Waals surface area contributed by atoms with Crippen LogP contribution in [0.5, 0.6) is 0 Å². The van der Waals surface area contributed by atoms with Gasteiger partial charge in [0.15, 0.2) is 0 Å². The van der Waals surface area contributed by atoms with E-state index >= 15 is 0 Å². The summed E-state index contributed by atoms with van der Waals surface area (Å²) in [6.45, 7) is 2.59. The normalized spacial score (nSPS) is 43.2. The van der Waals surface area contributed by atoms with Gasteiger partial charge >= 0.3 is 0 Å². The summed E-state index contributed by atoms with van der Waals surface area (Å²) in [6.07, 6.45) is 12.7. The molecule has 1 heterocycles. The highest BCUT2D eigenvalue weighted by Crippen LogP contribution is 2.52. The molecule has 2 nitrogen and oxygen atoms in total. The Morgan fingerprint density at radius 2 is 1.77 bits per heavy atom. The van der Waals surface area contributed by atoms with E-state index < -0.39 is 0 Å². The van der Waals surface area contributed by atoms with E-state index in [2.05, 4.69) is 18.7 Å². The first-order valence-electron chi connectivity index (χ1n) is 9.63. The van der Waals surface area contributed by atoms with Crippen molar-refractivity contribution in [3.63, 3.8) is 0 Å². The molecule has 3 rings (SSSR count). The first-order valence-corrected chi connectivity index (χ1v) is 10.6. The molecule has 7 atom stereocenters. The molecule has 22 heavy (non-hydrogen) atoms. The van der Waals surface area contributed by atoms with Gasteiger partial charge in [0.25, 0.3) is 0 Å². The Morgan fingerprint density at radius 3 is 2.59 bits per heavy atom. The van der Waals surface area contributed by atoms with E-state index in [1.165, 1.54) is 57.8 Å². The summed E-state index contributed by atoms with van der Waals surface area (Å²) in [4.78, 5) is 0. The minimum absolute atomic E-state index is 0.0192. The molecule has 0 aromatic rings. The molecule has 0 amide bonds. The molecular formula is C19H34O2S. The lowest BCUT2D eigenvalue weighted by atomic mass is 9.70. The molecule has 0 radical (unpaired) electrons. The fourth-order valence-corrected chi connectivity index (χ4v) is 7.17. The maximum atomic E-state index is 10.9. The predicted molar refractivity (Wildman–Crippen MR) is 94.1 cm³/mol. The summed E-state index contributed by atoms with van der Waals surface area (Å²) in [6, 6.07) is 0. The van der Waals surface area contributed by atoms with Crippen LogP contribution in [0.1, 0.15) is 71.1 Å². The molecule has 128 valence electrons. The molecule has 7 unspecified atom stereocenters. The van der Waals surface area contributed by atoms with Crippen molar-refractivity contribution in [3.8, 4) is 0 Å². The van der Waals surface area contributed by atoms with Crippen LogP contribution >= 0.6 is 11.8 Å². The summed E-state index contributed by atoms with van der Waals surface area (Å²) < 4.78 is 0. The molecular weight excluding hydrogens is 292 g/mol. The van der Waals surface area contributed by atoms with E-state index in [4.69, 9.17) is 5.11 Å². The van der Waals surface area contributed by atoms with Gasteiger partial charge in [-0.2, -0.15) is 11.8 Å². The summed E-state index contributed by atoms with van der Waals surface area (Å²) in [5.41, 5.74) is 0. The second kappa shape index (κ2) is 7.90. The average molecular weight is 327 g/mol. The van der Waals surface area contributed by atoms with Crippen molar-refractivity contribution in [2.45, 2.75) is 87.7 Å². The second-order valence-electron chi connectivity index (χ2n) is 8.19. The van der Waals surface area contributed by atoms with Gasteiger partial charge in [0, 0.05) is 17.1 Å². The fraction of sp³-hybridized carbons (Fsp3) is 1.00. The summed E-state index contributed by atoms with van der Waals surface area (Å²) in [5.74, 6) is 2.62. The zero-order chi connectivity index (χ0) is 15.5. The van der Waals surface area contributed by atoms with Crippen LogP contribution in [-0.4, -0.2) is 33.4 Å². The van der Waals surface area contributed by atoms with Gasteiger partial charge in [0.2, 0.25) is 0 Å². The maximum Gasteiger partial charge on any atom is 0.0617 e. The van der Waals surface area contributed by atoms with Gasteiger partial charge < -0.3 is 10.2 Å². The Hall–Kier alpha value is 0.270. The third kappa shape index (κ3) is 3.84. The summed E-state index contributed by atoms with van der Waals surface area (Å²) in [5, 5.41) is 21.5. The fourth-order valence-electron chi connectivity index (χ4n) is 5.17. The topological polar surface area (TPSA) is 40.5 Å². The monoisotopic (exact) mass is 326 g/mol. The van der Waals surface area contributed by atoms with Gasteiger partial charge in [0.05, 0.1) is 6.10 Å². The Labute approximate surface area is 140 Å². The molecule has 1 saturated heterocycles. The quantitative estimate of drug-likeness (QED) is 0.794. The van der Waals surface area contributed by atoms with Crippen LogP contribution in [0.4, 0.5) is 0 Å². The van der Waals surface area contributed by atoms with Crippen molar-refractivity contribution < 1.29 is 10.2 Å². The third-order valence-electron chi connectivity index (χ3n) is 6.61. The van der Waals surface area contributed by atoms with Crippen LogP contribution in [0.25, 0.3) is 0 Å². The summed E-state index contributed by atoms with van der Waals surface area (Å²) >= 11 is 2.24. The van der Waals surface area contributed by atoms with Gasteiger partial charge in [-0.1, -0.05) is 32.6 Å². The van der Waals surface area contributed by atoms with Gasteiger partial charge in [-0.05, 0) is 62.2 Å². The van der Waals surface area contributed by atoms with Crippen LogP contribution in [0.3, 0.4) is 0 Å². The number of aliphatic hydroxyl groups is 2. The number of hydrogen-bond acceptors (Lipinski definition) is 3. The highest BCUT2D eigenvalue weighted by atomic mass is 32.2. The van der Waals surface area contributed by atoms with Crippen molar-refractivity contribution in [1.29, 1.82) is 0 Å². The van der Waals surface area contributed by atoms with Crippen LogP contribution in [0.15, 0.2) is 0 Å². The van der Waals surface area contributed by atoms with Gasteiger partial charge in [-0.25, -0.2) is 0 Å². The summed E-state index contributed by atoms with van der Waals surface area (Å²) in [7, 11) is 0. The SMILES string of the molecule is CC(CCO)CCC1CCC2SC3CCCCC3C(O)C2C1. The minimum atomic E-state index is -0.0192. The molecule has 0 bridgehead atoms. The zero-order valence-electron chi connectivity index (χ0n) is 14.1. The lowest BCUT2D eigenvalue weighted by molar-refractivity contribution is 0.00518. The molecule has 2 N–H and O–H groups in total. The second-order valence-corrected chi connectivity index (χ2v) is 9.67. The van der Waals surface area contributed by atoms with Crippen LogP contribution in [-0.2, 0) is 0 Å². The van der Waals surface area contributed by atoms with Crippen LogP contribution in [0.2, 0.25) is 0 Å². The van der Waals surface area contributed by atoms with Crippen molar-refractivity contribution in [2.24, 2.45) is 23.7 Å². The average Bonchev–Trinajstić information content (AvgIpc) is 2.54. The molecule has 3 heteroatoms. The van der Waals surface area contributed by atoms with Crippen molar-refractivity contribution in [1.82, 2.24) is 0 Å². The van der Waals surface area contributed by atoms with E-state index in [-0.39, 0.29) is 6.10 Å². The molecule has 1 aliphatic heterocycles. The Balaban J connectivity index is 1.53. The maximum absolute atomic E-state index is 10.9. The van der Waals surface area contributed by atoms with Crippen LogP contribution < -0.4 is 0 Å². The van der Waals surface area contributed by atoms with E-state index in [1.807, 2.05) is 0 Å². The molecule has 3 aliphatic rings. The van der Waals surface area contributed by atoms with E-state index in [1.54, 1.807) is 0 Å². The van der Waals surface area contributed by atoms with Crippen molar-refractivity contribution in [3.05, 3.63) is 0 Å². The van der Waals surface area contributed by atoms with Crippen molar-refractivity contribution >= 4 is 11.8 Å². The van der Waals surface area contributed by atoms with Crippen LogP contribution in [0, 0.1) is 23.7 Å². The highest BCUT2D eigenvalue weighted by Gasteiger charge is 2.47. The first-order chi connectivity index (χ1) is 10.7. The Kier molecular flexibility index (Phi) is 6.14. The van der Waals surface area contributed by atoms with Gasteiger partial charge in [0.1, 0.15) is 0 Å². The molecule has 0 spiro atoms. The number of rotatable bonds is 5. The number of thioether (sulfide) groups is 1. The largest absolute Gasteiger partial charge is 0.396 e. The van der Waals surface area contributed by atoms with Gasteiger partial charge in [-0.3, -0.25) is 0 Å². The van der Waals surface area contributed by atoms with E-state index in [0.717, 1.165) is 22.8 Å². The number of aliphatic hydroxyl groups excluding tert-OH is 2. The first kappa shape index (κ1) is 17.1. The predicted octanol–water partition coefficient (Wildman–Crippen LogP) is 4.24. The molecule has 0 aromatic carbocycles. The van der Waals surface area contributed by atoms with E-state index in [0.29, 0.717) is 24.4 Å². The Bertz CT molecular complexity index is 348.